The number of nitrogens with zero attached hydrogens (tertiary/aromatic N) is 4. The van der Waals surface area contributed by atoms with Crippen LogP contribution in [0.1, 0.15) is 44.0 Å². The fourth-order valence-corrected chi connectivity index (χ4v) is 3.89. The quantitative estimate of drug-likeness (QED) is 0.587. The van der Waals surface area contributed by atoms with Gasteiger partial charge >= 0.3 is 0 Å². The van der Waals surface area contributed by atoms with E-state index in [9.17, 15) is 4.39 Å². The van der Waals surface area contributed by atoms with Crippen molar-refractivity contribution in [2.24, 2.45) is 0 Å². The maximum atomic E-state index is 13.5. The van der Waals surface area contributed by atoms with E-state index in [1.165, 1.54) is 17.7 Å². The minimum absolute atomic E-state index is 0.261. The maximum absolute atomic E-state index is 13.5. The molecule has 1 aliphatic rings. The number of ether oxygens (including phenoxy) is 1. The minimum Gasteiger partial charge on any atom is -0.381 e. The molecule has 1 aliphatic heterocycles. The van der Waals surface area contributed by atoms with Crippen molar-refractivity contribution in [2.45, 2.75) is 45.3 Å². The average Bonchev–Trinajstić information content (AvgIpc) is 3.18. The Morgan fingerprint density at radius 1 is 1.03 bits per heavy atom. The molecule has 0 N–H and O–H groups in total. The van der Waals surface area contributed by atoms with E-state index in [4.69, 9.17) is 14.8 Å². The van der Waals surface area contributed by atoms with Gasteiger partial charge in [-0.1, -0.05) is 38.1 Å². The Morgan fingerprint density at radius 2 is 1.70 bits per heavy atom. The van der Waals surface area contributed by atoms with Crippen LogP contribution in [0.25, 0.3) is 17.1 Å². The molecule has 1 aromatic heterocycles. The summed E-state index contributed by atoms with van der Waals surface area (Å²) in [6.07, 6.45) is 2.40. The van der Waals surface area contributed by atoms with E-state index < -0.39 is 0 Å². The SMILES string of the molecule is COC1CCN(Cc2nc(-c3ccc(C(C)C)cc3)n(-c3ccc(F)cc3)n2)CC1. The Labute approximate surface area is 177 Å². The van der Waals surface area contributed by atoms with Crippen molar-refractivity contribution in [1.82, 2.24) is 19.7 Å². The lowest BCUT2D eigenvalue weighted by Crippen LogP contribution is -2.36. The van der Waals surface area contributed by atoms with Gasteiger partial charge in [0.25, 0.3) is 0 Å². The fraction of sp³-hybridized carbons (Fsp3) is 0.417. The number of likely N-dealkylation sites (tertiary alicyclic amines) is 1. The number of rotatable bonds is 6. The van der Waals surface area contributed by atoms with Gasteiger partial charge in [-0.3, -0.25) is 4.90 Å². The van der Waals surface area contributed by atoms with E-state index in [0.717, 1.165) is 48.8 Å². The fourth-order valence-electron chi connectivity index (χ4n) is 3.89. The van der Waals surface area contributed by atoms with Gasteiger partial charge in [0.1, 0.15) is 5.82 Å². The topological polar surface area (TPSA) is 43.2 Å². The zero-order valence-electron chi connectivity index (χ0n) is 17.9. The van der Waals surface area contributed by atoms with E-state index in [1.54, 1.807) is 19.2 Å². The first-order valence-corrected chi connectivity index (χ1v) is 10.6. The standard InChI is InChI=1S/C24H29FN4O/c1-17(2)18-4-6-19(7-5-18)24-26-23(16-28-14-12-22(30-3)13-15-28)27-29(24)21-10-8-20(25)9-11-21/h4-11,17,22H,12-16H2,1-3H3. The summed E-state index contributed by atoms with van der Waals surface area (Å²) < 4.78 is 20.8. The number of hydrogen-bond acceptors (Lipinski definition) is 4. The molecule has 2 aromatic carbocycles. The first-order valence-electron chi connectivity index (χ1n) is 10.6. The molecule has 158 valence electrons. The molecule has 0 aliphatic carbocycles. The van der Waals surface area contributed by atoms with Crippen molar-refractivity contribution >= 4 is 0 Å². The molecular weight excluding hydrogens is 379 g/mol. The third-order valence-corrected chi connectivity index (χ3v) is 5.79. The van der Waals surface area contributed by atoms with Crippen LogP contribution in [0.3, 0.4) is 0 Å². The summed E-state index contributed by atoms with van der Waals surface area (Å²) in [6, 6.07) is 14.8. The van der Waals surface area contributed by atoms with E-state index in [1.807, 2.05) is 4.68 Å². The second-order valence-corrected chi connectivity index (χ2v) is 8.23. The number of halogens is 1. The van der Waals surface area contributed by atoms with Gasteiger partial charge in [0.15, 0.2) is 11.6 Å². The molecule has 1 fully saturated rings. The van der Waals surface area contributed by atoms with Crippen LogP contribution >= 0.6 is 0 Å². The molecule has 0 bridgehead atoms. The van der Waals surface area contributed by atoms with Gasteiger partial charge in [-0.2, -0.15) is 0 Å². The minimum atomic E-state index is -0.261. The largest absolute Gasteiger partial charge is 0.381 e. The zero-order chi connectivity index (χ0) is 21.1. The molecule has 0 spiro atoms. The Kier molecular flexibility index (Phi) is 6.25. The van der Waals surface area contributed by atoms with Crippen molar-refractivity contribution in [2.75, 3.05) is 20.2 Å². The monoisotopic (exact) mass is 408 g/mol. The van der Waals surface area contributed by atoms with Crippen LogP contribution in [0.15, 0.2) is 48.5 Å². The molecule has 0 atom stereocenters. The highest BCUT2D eigenvalue weighted by Gasteiger charge is 2.21. The van der Waals surface area contributed by atoms with Crippen molar-refractivity contribution in [3.05, 3.63) is 65.7 Å². The summed E-state index contributed by atoms with van der Waals surface area (Å²) in [7, 11) is 1.78. The highest BCUT2D eigenvalue weighted by molar-refractivity contribution is 5.58. The average molecular weight is 409 g/mol. The second-order valence-electron chi connectivity index (χ2n) is 8.23. The number of benzene rings is 2. The van der Waals surface area contributed by atoms with Gasteiger partial charge in [-0.15, -0.1) is 5.10 Å². The smallest absolute Gasteiger partial charge is 0.165 e. The molecule has 1 saturated heterocycles. The summed E-state index contributed by atoms with van der Waals surface area (Å²) in [5.41, 5.74) is 3.09. The molecule has 0 saturated carbocycles. The van der Waals surface area contributed by atoms with Crippen molar-refractivity contribution in [3.63, 3.8) is 0 Å². The van der Waals surface area contributed by atoms with Crippen LogP contribution in [0, 0.1) is 5.82 Å². The number of methoxy groups -OCH3 is 1. The second kappa shape index (κ2) is 9.06. The molecule has 4 rings (SSSR count). The summed E-state index contributed by atoms with van der Waals surface area (Å²) in [5, 5.41) is 4.79. The number of hydrogen-bond donors (Lipinski definition) is 0. The Balaban J connectivity index is 1.64. The molecule has 5 nitrogen and oxygen atoms in total. The Bertz CT molecular complexity index is 958. The highest BCUT2D eigenvalue weighted by Crippen LogP contribution is 2.25. The summed E-state index contributed by atoms with van der Waals surface area (Å²) in [4.78, 5) is 7.24. The first kappa shape index (κ1) is 20.7. The van der Waals surface area contributed by atoms with E-state index in [2.05, 4.69) is 43.0 Å². The van der Waals surface area contributed by atoms with Crippen LogP contribution < -0.4 is 0 Å². The molecule has 0 amide bonds. The lowest BCUT2D eigenvalue weighted by atomic mass is 10.0. The van der Waals surface area contributed by atoms with E-state index in [-0.39, 0.29) is 5.82 Å². The molecule has 6 heteroatoms. The Morgan fingerprint density at radius 3 is 2.30 bits per heavy atom. The lowest BCUT2D eigenvalue weighted by Gasteiger charge is -2.30. The summed E-state index contributed by atoms with van der Waals surface area (Å²) in [6.45, 7) is 7.01. The predicted molar refractivity (Wildman–Crippen MR) is 116 cm³/mol. The van der Waals surface area contributed by atoms with Gasteiger partial charge in [0, 0.05) is 25.8 Å². The molecular formula is C24H29FN4O. The number of piperidine rings is 1. The maximum Gasteiger partial charge on any atom is 0.165 e. The van der Waals surface area contributed by atoms with Gasteiger partial charge in [-0.25, -0.2) is 14.1 Å². The van der Waals surface area contributed by atoms with Gasteiger partial charge in [-0.05, 0) is 48.6 Å². The Hall–Kier alpha value is -2.57. The predicted octanol–water partition coefficient (Wildman–Crippen LogP) is 4.81. The van der Waals surface area contributed by atoms with Crippen LogP contribution in [0.2, 0.25) is 0 Å². The van der Waals surface area contributed by atoms with Crippen LogP contribution in [-0.4, -0.2) is 46.0 Å². The molecule has 2 heterocycles. The molecule has 30 heavy (non-hydrogen) atoms. The summed E-state index contributed by atoms with van der Waals surface area (Å²) >= 11 is 0. The van der Waals surface area contributed by atoms with Crippen LogP contribution in [0.5, 0.6) is 0 Å². The highest BCUT2D eigenvalue weighted by atomic mass is 19.1. The van der Waals surface area contributed by atoms with Gasteiger partial charge < -0.3 is 4.74 Å². The van der Waals surface area contributed by atoms with E-state index in [0.29, 0.717) is 18.6 Å². The zero-order valence-corrected chi connectivity index (χ0v) is 17.9. The normalized spacial score (nSPS) is 15.8. The third-order valence-electron chi connectivity index (χ3n) is 5.79. The van der Waals surface area contributed by atoms with Gasteiger partial charge in [0.2, 0.25) is 0 Å². The molecule has 0 unspecified atom stereocenters. The summed E-state index contributed by atoms with van der Waals surface area (Å²) in [5.74, 6) is 1.76. The van der Waals surface area contributed by atoms with Gasteiger partial charge in [0.05, 0.1) is 18.3 Å². The van der Waals surface area contributed by atoms with Crippen molar-refractivity contribution in [1.29, 1.82) is 0 Å². The third kappa shape index (κ3) is 4.60. The van der Waals surface area contributed by atoms with E-state index >= 15 is 0 Å². The number of aromatic nitrogens is 3. The van der Waals surface area contributed by atoms with Crippen molar-refractivity contribution in [3.8, 4) is 17.1 Å². The lowest BCUT2D eigenvalue weighted by molar-refractivity contribution is 0.0381. The van der Waals surface area contributed by atoms with Crippen molar-refractivity contribution < 1.29 is 9.13 Å². The molecule has 3 aromatic rings. The first-order chi connectivity index (χ1) is 14.5. The van der Waals surface area contributed by atoms with Crippen LogP contribution in [0.4, 0.5) is 4.39 Å². The molecule has 0 radical (unpaired) electrons. The van der Waals surface area contributed by atoms with Crippen LogP contribution in [-0.2, 0) is 11.3 Å².